The number of hydrogen-bond acceptors (Lipinski definition) is 1. The number of benzene rings is 2. The minimum absolute atomic E-state index is 0.0358. The lowest BCUT2D eigenvalue weighted by Gasteiger charge is -2.07. The molecule has 0 aliphatic carbocycles. The van der Waals surface area contributed by atoms with Gasteiger partial charge in [0.25, 0.3) is 0 Å². The first-order chi connectivity index (χ1) is 8.18. The van der Waals surface area contributed by atoms with Gasteiger partial charge in [-0.25, -0.2) is 4.79 Å². The molecule has 3 nitrogen and oxygen atoms in total. The first kappa shape index (κ1) is 10.1. The van der Waals surface area contributed by atoms with E-state index in [2.05, 4.69) is 17.1 Å². The molecule has 1 aromatic heterocycles. The average molecular weight is 226 g/mol. The smallest absolute Gasteiger partial charge is 0.305 e. The van der Waals surface area contributed by atoms with Crippen molar-refractivity contribution in [1.29, 1.82) is 0 Å². The van der Waals surface area contributed by atoms with E-state index >= 15 is 0 Å². The first-order valence-corrected chi connectivity index (χ1v) is 5.80. The van der Waals surface area contributed by atoms with Gasteiger partial charge in [0.2, 0.25) is 0 Å². The maximum Gasteiger partial charge on any atom is 0.326 e. The molecule has 0 aliphatic heterocycles. The number of aromatic amines is 1. The highest BCUT2D eigenvalue weighted by Gasteiger charge is 2.11. The van der Waals surface area contributed by atoms with Crippen molar-refractivity contribution in [2.24, 2.45) is 0 Å². The van der Waals surface area contributed by atoms with E-state index in [0.717, 1.165) is 21.8 Å². The number of aromatic nitrogens is 2. The molecule has 3 aromatic rings. The fourth-order valence-corrected chi connectivity index (χ4v) is 2.38. The van der Waals surface area contributed by atoms with Crippen molar-refractivity contribution < 1.29 is 0 Å². The maximum absolute atomic E-state index is 11.9. The van der Waals surface area contributed by atoms with E-state index in [1.165, 1.54) is 0 Å². The van der Waals surface area contributed by atoms with Gasteiger partial charge in [-0.15, -0.1) is 0 Å². The topological polar surface area (TPSA) is 37.8 Å². The summed E-state index contributed by atoms with van der Waals surface area (Å²) < 4.78 is 1.79. The number of nitrogens with one attached hydrogen (secondary N) is 1. The van der Waals surface area contributed by atoms with E-state index in [4.69, 9.17) is 0 Å². The lowest BCUT2D eigenvalue weighted by atomic mass is 10.1. The Labute approximate surface area is 98.7 Å². The van der Waals surface area contributed by atoms with Gasteiger partial charge in [-0.2, -0.15) is 0 Å². The highest BCUT2D eigenvalue weighted by molar-refractivity contribution is 6.04. The van der Waals surface area contributed by atoms with Gasteiger partial charge in [0.15, 0.2) is 0 Å². The van der Waals surface area contributed by atoms with Crippen LogP contribution in [0.2, 0.25) is 0 Å². The van der Waals surface area contributed by atoms with Crippen LogP contribution in [0.1, 0.15) is 19.9 Å². The van der Waals surface area contributed by atoms with Crippen LogP contribution in [-0.2, 0) is 0 Å². The van der Waals surface area contributed by atoms with Gasteiger partial charge in [0.1, 0.15) is 0 Å². The van der Waals surface area contributed by atoms with E-state index < -0.39 is 0 Å². The van der Waals surface area contributed by atoms with Crippen LogP contribution in [0.5, 0.6) is 0 Å². The van der Waals surface area contributed by atoms with Crippen LogP contribution in [0.3, 0.4) is 0 Å². The van der Waals surface area contributed by atoms with Crippen LogP contribution in [0.25, 0.3) is 21.8 Å². The quantitative estimate of drug-likeness (QED) is 0.680. The SMILES string of the molecule is CC(C)n1c(=O)[nH]c2c3ccccc3ccc21. The largest absolute Gasteiger partial charge is 0.326 e. The Balaban J connectivity index is 2.54. The zero-order valence-corrected chi connectivity index (χ0v) is 9.90. The van der Waals surface area contributed by atoms with Crippen molar-refractivity contribution in [2.45, 2.75) is 19.9 Å². The molecule has 0 radical (unpaired) electrons. The molecule has 2 aromatic carbocycles. The Kier molecular flexibility index (Phi) is 2.08. The molecule has 0 unspecified atom stereocenters. The molecule has 0 atom stereocenters. The van der Waals surface area contributed by atoms with Gasteiger partial charge < -0.3 is 4.98 Å². The second-order valence-corrected chi connectivity index (χ2v) is 4.57. The maximum atomic E-state index is 11.9. The summed E-state index contributed by atoms with van der Waals surface area (Å²) in [6, 6.07) is 12.3. The van der Waals surface area contributed by atoms with Gasteiger partial charge in [0.05, 0.1) is 11.0 Å². The number of rotatable bonds is 1. The molecule has 86 valence electrons. The van der Waals surface area contributed by atoms with Crippen molar-refractivity contribution in [3.63, 3.8) is 0 Å². The molecule has 0 amide bonds. The molecule has 0 fully saturated rings. The van der Waals surface area contributed by atoms with Crippen molar-refractivity contribution in [1.82, 2.24) is 9.55 Å². The number of hydrogen-bond donors (Lipinski definition) is 1. The highest BCUT2D eigenvalue weighted by atomic mass is 16.1. The predicted molar refractivity (Wildman–Crippen MR) is 70.4 cm³/mol. The van der Waals surface area contributed by atoms with E-state index in [9.17, 15) is 4.79 Å². The molecular weight excluding hydrogens is 212 g/mol. The minimum Gasteiger partial charge on any atom is -0.305 e. The van der Waals surface area contributed by atoms with Gasteiger partial charge >= 0.3 is 5.69 Å². The number of nitrogens with zero attached hydrogens (tertiary/aromatic N) is 1. The molecule has 0 aliphatic rings. The van der Waals surface area contributed by atoms with Crippen molar-refractivity contribution in [2.75, 3.05) is 0 Å². The lowest BCUT2D eigenvalue weighted by molar-refractivity contribution is 0.598. The normalized spacial score (nSPS) is 11.7. The summed E-state index contributed by atoms with van der Waals surface area (Å²) >= 11 is 0. The highest BCUT2D eigenvalue weighted by Crippen LogP contribution is 2.24. The molecule has 0 bridgehead atoms. The Hall–Kier alpha value is -2.03. The Bertz CT molecular complexity index is 750. The molecular formula is C14H14N2O. The molecule has 0 saturated carbocycles. The summed E-state index contributed by atoms with van der Waals surface area (Å²) in [5.41, 5.74) is 1.87. The zero-order valence-electron chi connectivity index (χ0n) is 9.90. The van der Waals surface area contributed by atoms with Crippen LogP contribution in [0, 0.1) is 0 Å². The van der Waals surface area contributed by atoms with Crippen LogP contribution in [0.4, 0.5) is 0 Å². The number of fused-ring (bicyclic) bond motifs is 3. The van der Waals surface area contributed by atoms with Gasteiger partial charge in [-0.3, -0.25) is 4.57 Å². The van der Waals surface area contributed by atoms with E-state index in [0.29, 0.717) is 0 Å². The molecule has 1 N–H and O–H groups in total. The first-order valence-electron chi connectivity index (χ1n) is 5.80. The fourth-order valence-electron chi connectivity index (χ4n) is 2.38. The summed E-state index contributed by atoms with van der Waals surface area (Å²) in [5, 5.41) is 2.25. The summed E-state index contributed by atoms with van der Waals surface area (Å²) in [6.45, 7) is 4.04. The van der Waals surface area contributed by atoms with Gasteiger partial charge in [0, 0.05) is 11.4 Å². The third-order valence-electron chi connectivity index (χ3n) is 3.13. The van der Waals surface area contributed by atoms with Gasteiger partial charge in [-0.1, -0.05) is 30.3 Å². The van der Waals surface area contributed by atoms with Crippen molar-refractivity contribution in [3.05, 3.63) is 46.9 Å². The Morgan fingerprint density at radius 3 is 2.65 bits per heavy atom. The minimum atomic E-state index is -0.0358. The predicted octanol–water partition coefficient (Wildman–Crippen LogP) is 3.06. The zero-order chi connectivity index (χ0) is 12.0. The number of H-pyrrole nitrogens is 1. The molecule has 3 rings (SSSR count). The third kappa shape index (κ3) is 1.39. The fraction of sp³-hybridized carbons (Fsp3) is 0.214. The molecule has 17 heavy (non-hydrogen) atoms. The van der Waals surface area contributed by atoms with E-state index in [1.54, 1.807) is 4.57 Å². The Morgan fingerprint density at radius 2 is 1.88 bits per heavy atom. The van der Waals surface area contributed by atoms with Gasteiger partial charge in [-0.05, 0) is 25.3 Å². The summed E-state index contributed by atoms with van der Waals surface area (Å²) in [5.74, 6) is 0. The average Bonchev–Trinajstić information content (AvgIpc) is 2.65. The van der Waals surface area contributed by atoms with Crippen LogP contribution >= 0.6 is 0 Å². The van der Waals surface area contributed by atoms with E-state index in [-0.39, 0.29) is 11.7 Å². The molecule has 3 heteroatoms. The lowest BCUT2D eigenvalue weighted by Crippen LogP contribution is -2.18. The van der Waals surface area contributed by atoms with Crippen LogP contribution < -0.4 is 5.69 Å². The molecule has 1 heterocycles. The Morgan fingerprint density at radius 1 is 1.12 bits per heavy atom. The summed E-state index contributed by atoms with van der Waals surface area (Å²) in [4.78, 5) is 14.9. The molecule has 0 saturated heterocycles. The standard InChI is InChI=1S/C14H14N2O/c1-9(2)16-12-8-7-10-5-3-4-6-11(10)13(12)15-14(16)17/h3-9H,1-2H3,(H,15,17). The van der Waals surface area contributed by atoms with Crippen LogP contribution in [-0.4, -0.2) is 9.55 Å². The van der Waals surface area contributed by atoms with E-state index in [1.807, 2.05) is 38.1 Å². The van der Waals surface area contributed by atoms with Crippen LogP contribution in [0.15, 0.2) is 41.2 Å². The molecule has 0 spiro atoms. The third-order valence-corrected chi connectivity index (χ3v) is 3.13. The second-order valence-electron chi connectivity index (χ2n) is 4.57. The van der Waals surface area contributed by atoms with Crippen molar-refractivity contribution >= 4 is 21.8 Å². The monoisotopic (exact) mass is 226 g/mol. The van der Waals surface area contributed by atoms with Crippen molar-refractivity contribution in [3.8, 4) is 0 Å². The summed E-state index contributed by atoms with van der Waals surface area (Å²) in [7, 11) is 0. The summed E-state index contributed by atoms with van der Waals surface area (Å²) in [6.07, 6.45) is 0. The number of imidazole rings is 1. The second kappa shape index (κ2) is 3.48.